The van der Waals surface area contributed by atoms with Crippen LogP contribution in [0.3, 0.4) is 0 Å². The monoisotopic (exact) mass is 222 g/mol. The minimum absolute atomic E-state index is 0.102. The van der Waals surface area contributed by atoms with Crippen molar-refractivity contribution in [1.82, 2.24) is 5.32 Å². The third-order valence-electron chi connectivity index (χ3n) is 1.58. The first kappa shape index (κ1) is 11.4. The van der Waals surface area contributed by atoms with Gasteiger partial charge >= 0.3 is 0 Å². The Hall–Kier alpha value is -1.66. The van der Waals surface area contributed by atoms with Gasteiger partial charge in [0.25, 0.3) is 0 Å². The zero-order valence-corrected chi connectivity index (χ0v) is 9.06. The highest BCUT2D eigenvalue weighted by Gasteiger charge is 1.93. The van der Waals surface area contributed by atoms with Crippen LogP contribution in [0.1, 0.15) is 12.5 Å². The van der Waals surface area contributed by atoms with Crippen LogP contribution in [0.5, 0.6) is 0 Å². The average Bonchev–Trinajstić information content (AvgIpc) is 2.10. The highest BCUT2D eigenvalue weighted by Crippen LogP contribution is 2.15. The number of carbonyl (C=O) groups excluding carboxylic acids is 1. The summed E-state index contributed by atoms with van der Waals surface area (Å²) in [5.74, 6) is 5.54. The summed E-state index contributed by atoms with van der Waals surface area (Å²) in [6, 6.07) is 5.10. The summed E-state index contributed by atoms with van der Waals surface area (Å²) in [7, 11) is 0. The molecule has 0 saturated carbocycles. The molecule has 1 rings (SSSR count). The van der Waals surface area contributed by atoms with Gasteiger partial charge in [-0.3, -0.25) is 4.79 Å². The number of anilines is 1. The van der Waals surface area contributed by atoms with Gasteiger partial charge in [-0.1, -0.05) is 23.4 Å². The Morgan fingerprint density at radius 1 is 1.53 bits per heavy atom. The first-order valence-electron chi connectivity index (χ1n) is 4.37. The Labute approximate surface area is 93.6 Å². The molecule has 1 aromatic rings. The Balaban J connectivity index is 2.67. The molecule has 0 aromatic heterocycles. The van der Waals surface area contributed by atoms with Gasteiger partial charge in [0, 0.05) is 23.2 Å². The zero-order chi connectivity index (χ0) is 11.3. The lowest BCUT2D eigenvalue weighted by atomic mass is 10.2. The normalized spacial score (nSPS) is 8.93. The van der Waals surface area contributed by atoms with E-state index in [1.807, 2.05) is 0 Å². The third-order valence-corrected chi connectivity index (χ3v) is 1.80. The van der Waals surface area contributed by atoms with Crippen molar-refractivity contribution in [1.29, 1.82) is 0 Å². The SMILES string of the molecule is CC(=O)NCC#Cc1cc(N)cc(Cl)c1. The van der Waals surface area contributed by atoms with Gasteiger partial charge in [0.1, 0.15) is 0 Å². The minimum Gasteiger partial charge on any atom is -0.399 e. The van der Waals surface area contributed by atoms with Crippen molar-refractivity contribution in [3.8, 4) is 11.8 Å². The molecular weight excluding hydrogens is 212 g/mol. The van der Waals surface area contributed by atoms with Crippen LogP contribution in [0.25, 0.3) is 0 Å². The second kappa shape index (κ2) is 5.28. The van der Waals surface area contributed by atoms with Gasteiger partial charge < -0.3 is 11.1 Å². The van der Waals surface area contributed by atoms with Gasteiger partial charge in [0.2, 0.25) is 5.91 Å². The molecule has 0 aliphatic rings. The van der Waals surface area contributed by atoms with E-state index in [-0.39, 0.29) is 5.91 Å². The number of nitrogen functional groups attached to an aromatic ring is 1. The van der Waals surface area contributed by atoms with Gasteiger partial charge in [-0.15, -0.1) is 0 Å². The van der Waals surface area contributed by atoms with Crippen molar-refractivity contribution < 1.29 is 4.79 Å². The van der Waals surface area contributed by atoms with Crippen LogP contribution in [-0.4, -0.2) is 12.5 Å². The summed E-state index contributed by atoms with van der Waals surface area (Å²) < 4.78 is 0. The first-order chi connectivity index (χ1) is 7.08. The summed E-state index contributed by atoms with van der Waals surface area (Å²) in [5.41, 5.74) is 6.91. The third kappa shape index (κ3) is 4.39. The molecule has 0 saturated heterocycles. The number of hydrogen-bond acceptors (Lipinski definition) is 2. The van der Waals surface area contributed by atoms with Crippen molar-refractivity contribution in [2.45, 2.75) is 6.92 Å². The van der Waals surface area contributed by atoms with E-state index in [4.69, 9.17) is 17.3 Å². The fourth-order valence-corrected chi connectivity index (χ4v) is 1.24. The molecule has 3 N–H and O–H groups in total. The Kier molecular flexibility index (Phi) is 4.02. The lowest BCUT2D eigenvalue weighted by Crippen LogP contribution is -2.19. The van der Waals surface area contributed by atoms with E-state index < -0.39 is 0 Å². The second-order valence-electron chi connectivity index (χ2n) is 2.98. The predicted molar refractivity (Wildman–Crippen MR) is 61.4 cm³/mol. The van der Waals surface area contributed by atoms with Crippen molar-refractivity contribution >= 4 is 23.2 Å². The molecule has 0 atom stereocenters. The molecule has 3 nitrogen and oxygen atoms in total. The lowest BCUT2D eigenvalue weighted by molar-refractivity contribution is -0.118. The molecule has 0 aliphatic heterocycles. The van der Waals surface area contributed by atoms with Gasteiger partial charge in [-0.25, -0.2) is 0 Å². The quantitative estimate of drug-likeness (QED) is 0.558. The number of nitrogens with one attached hydrogen (secondary N) is 1. The van der Waals surface area contributed by atoms with Crippen LogP contribution in [0.2, 0.25) is 5.02 Å². The van der Waals surface area contributed by atoms with Crippen molar-refractivity contribution in [2.24, 2.45) is 0 Å². The summed E-state index contributed by atoms with van der Waals surface area (Å²) in [5, 5.41) is 3.12. The number of rotatable bonds is 1. The number of nitrogens with two attached hydrogens (primary N) is 1. The smallest absolute Gasteiger partial charge is 0.217 e. The maximum atomic E-state index is 10.5. The van der Waals surface area contributed by atoms with Crippen molar-refractivity contribution in [3.63, 3.8) is 0 Å². The van der Waals surface area contributed by atoms with Gasteiger partial charge in [0.05, 0.1) is 6.54 Å². The summed E-state index contributed by atoms with van der Waals surface area (Å²) in [6.07, 6.45) is 0. The number of amides is 1. The van der Waals surface area contributed by atoms with E-state index in [2.05, 4.69) is 17.2 Å². The Morgan fingerprint density at radius 2 is 2.27 bits per heavy atom. The largest absolute Gasteiger partial charge is 0.399 e. The molecule has 1 amide bonds. The molecule has 15 heavy (non-hydrogen) atoms. The van der Waals surface area contributed by atoms with E-state index in [1.165, 1.54) is 6.92 Å². The fourth-order valence-electron chi connectivity index (χ4n) is 0.999. The zero-order valence-electron chi connectivity index (χ0n) is 8.30. The number of benzene rings is 1. The minimum atomic E-state index is -0.102. The molecule has 0 spiro atoms. The molecule has 0 fully saturated rings. The van der Waals surface area contributed by atoms with E-state index in [0.717, 1.165) is 5.56 Å². The number of hydrogen-bond donors (Lipinski definition) is 2. The van der Waals surface area contributed by atoms with Crippen LogP contribution in [0.4, 0.5) is 5.69 Å². The molecular formula is C11H11ClN2O. The van der Waals surface area contributed by atoms with E-state index in [1.54, 1.807) is 18.2 Å². The van der Waals surface area contributed by atoms with Crippen LogP contribution in [0, 0.1) is 11.8 Å². The van der Waals surface area contributed by atoms with E-state index in [0.29, 0.717) is 17.3 Å². The molecule has 0 bridgehead atoms. The lowest BCUT2D eigenvalue weighted by Gasteiger charge is -1.96. The summed E-state index contributed by atoms with van der Waals surface area (Å²) in [6.45, 7) is 1.76. The number of halogens is 1. The Morgan fingerprint density at radius 3 is 2.87 bits per heavy atom. The van der Waals surface area contributed by atoms with Gasteiger partial charge in [-0.05, 0) is 18.2 Å². The van der Waals surface area contributed by atoms with Crippen LogP contribution < -0.4 is 11.1 Å². The van der Waals surface area contributed by atoms with E-state index >= 15 is 0 Å². The maximum absolute atomic E-state index is 10.5. The topological polar surface area (TPSA) is 55.1 Å². The highest BCUT2D eigenvalue weighted by atomic mass is 35.5. The fraction of sp³-hybridized carbons (Fsp3) is 0.182. The first-order valence-corrected chi connectivity index (χ1v) is 4.75. The average molecular weight is 223 g/mol. The molecule has 0 radical (unpaired) electrons. The predicted octanol–water partition coefficient (Wildman–Crippen LogP) is 1.41. The standard InChI is InChI=1S/C11H11ClN2O/c1-8(15)14-4-2-3-9-5-10(12)7-11(13)6-9/h5-7H,4,13H2,1H3,(H,14,15). The number of carbonyl (C=O) groups is 1. The molecule has 78 valence electrons. The maximum Gasteiger partial charge on any atom is 0.217 e. The molecule has 1 aromatic carbocycles. The van der Waals surface area contributed by atoms with Crippen molar-refractivity contribution in [3.05, 3.63) is 28.8 Å². The second-order valence-corrected chi connectivity index (χ2v) is 3.42. The van der Waals surface area contributed by atoms with E-state index in [9.17, 15) is 4.79 Å². The summed E-state index contributed by atoms with van der Waals surface area (Å²) in [4.78, 5) is 10.5. The summed E-state index contributed by atoms with van der Waals surface area (Å²) >= 11 is 5.80. The van der Waals surface area contributed by atoms with Gasteiger partial charge in [-0.2, -0.15) is 0 Å². The highest BCUT2D eigenvalue weighted by molar-refractivity contribution is 6.30. The molecule has 4 heteroatoms. The molecule has 0 heterocycles. The van der Waals surface area contributed by atoms with Crippen molar-refractivity contribution in [2.75, 3.05) is 12.3 Å². The molecule has 0 unspecified atom stereocenters. The van der Waals surface area contributed by atoms with Crippen LogP contribution in [0.15, 0.2) is 18.2 Å². The Bertz CT molecular complexity index is 412. The van der Waals surface area contributed by atoms with Crippen LogP contribution >= 0.6 is 11.6 Å². The molecule has 0 aliphatic carbocycles. The van der Waals surface area contributed by atoms with Gasteiger partial charge in [0.15, 0.2) is 0 Å². The van der Waals surface area contributed by atoms with Crippen LogP contribution in [-0.2, 0) is 4.79 Å².